The third kappa shape index (κ3) is 20.4. The maximum atomic E-state index is 13.9. The number of halogens is 11. The van der Waals surface area contributed by atoms with Gasteiger partial charge in [-0.05, 0) is 217 Å². The van der Waals surface area contributed by atoms with Gasteiger partial charge in [0.05, 0.1) is 39.9 Å². The first kappa shape index (κ1) is 75.1. The first-order chi connectivity index (χ1) is 48.7. The van der Waals surface area contributed by atoms with E-state index in [1.807, 2.05) is 69.3 Å². The predicted octanol–water partition coefficient (Wildman–Crippen LogP) is 20.1. The van der Waals surface area contributed by atoms with Gasteiger partial charge in [-0.15, -0.1) is 0 Å². The molecule has 4 N–H and O–H groups in total. The smallest absolute Gasteiger partial charge is 0.307 e. The van der Waals surface area contributed by atoms with E-state index >= 15 is 0 Å². The van der Waals surface area contributed by atoms with Gasteiger partial charge < -0.3 is 24.4 Å². The minimum atomic E-state index is -1.44. The summed E-state index contributed by atoms with van der Waals surface area (Å²) >= 11 is 17.9. The van der Waals surface area contributed by atoms with Gasteiger partial charge in [0.1, 0.15) is 82.5 Å². The van der Waals surface area contributed by atoms with Gasteiger partial charge in [-0.2, -0.15) is 0 Å². The Morgan fingerprint density at radius 2 is 0.863 bits per heavy atom. The number of hydrogen-bond acceptors (Lipinski definition) is 10. The zero-order chi connectivity index (χ0) is 72.9. The molecule has 3 heterocycles. The summed E-state index contributed by atoms with van der Waals surface area (Å²) in [7, 11) is -1.44. The molecule has 24 heteroatoms. The number of aromatic nitrogens is 3. The third-order valence-corrected chi connectivity index (χ3v) is 18.8. The number of aliphatic carboxylic acids is 1. The van der Waals surface area contributed by atoms with Gasteiger partial charge in [-0.25, -0.2) is 44.1 Å². The number of ketones is 1. The zero-order valence-corrected chi connectivity index (χ0v) is 57.8. The number of rotatable bonds is 20. The van der Waals surface area contributed by atoms with Crippen molar-refractivity contribution >= 4 is 68.7 Å². The third-order valence-electron chi connectivity index (χ3n) is 16.5. The Hall–Kier alpha value is -9.61. The van der Waals surface area contributed by atoms with Gasteiger partial charge in [0.25, 0.3) is 0 Å². The van der Waals surface area contributed by atoms with E-state index in [1.54, 1.807) is 48.5 Å². The van der Waals surface area contributed by atoms with E-state index < -0.39 is 74.6 Å². The minimum Gasteiger partial charge on any atom is -0.481 e. The summed E-state index contributed by atoms with van der Waals surface area (Å²) in [6, 6.07) is 39.3. The molecule has 526 valence electrons. The molecule has 0 aliphatic heterocycles. The van der Waals surface area contributed by atoms with Crippen molar-refractivity contribution in [3.8, 4) is 33.4 Å². The fourth-order valence-electron chi connectivity index (χ4n) is 11.7. The average Bonchev–Trinajstić information content (AvgIpc) is 1.89. The van der Waals surface area contributed by atoms with E-state index in [0.29, 0.717) is 78.4 Å². The number of hydrogen-bond donors (Lipinski definition) is 3. The van der Waals surface area contributed by atoms with Crippen LogP contribution in [0, 0.1) is 46.5 Å². The van der Waals surface area contributed by atoms with Gasteiger partial charge in [0.15, 0.2) is 0 Å². The van der Waals surface area contributed by atoms with Crippen LogP contribution in [0.1, 0.15) is 114 Å². The standard InChI is InChI=1S/C29H21ClF3NO2.C21H21ClF2N2O2S.C17H13ClF2N2O.C11H9FO2/c30-22-6-3-19(4-7-22)28-16-36-34-29(28)21(9-17-10-24(32)14-25(33)11-17)13-26(35)12-20-2-1-18-5-8-23(31)15-27(18)20;1-21(2,3)29(27)26-19(10-13-8-16(23)11-17(24)9-13)20-18(12-28-25-20)14-4-6-15(22)7-5-14;18-12-3-1-11(2-4-12)15-9-23-22-17(15)16(21)7-10-5-13(19)8-14(20)6-10;12-9-4-3-7-1-2-8(5-11(13)14)10(7)6-9/h2-8,10-11,14-16,21H,1,9,12-13H2;4-9,11-12,19,26H,10H2,1-3H3;1-6,8-9,16H,7,21H2;2-4,6H,1,5H2,(H,13,14)/t21-;19-,29+;16-;/m110./s1. The summed E-state index contributed by atoms with van der Waals surface area (Å²) < 4.78 is 139. The lowest BCUT2D eigenvalue weighted by molar-refractivity contribution is -0.135. The van der Waals surface area contributed by atoms with E-state index in [0.717, 1.165) is 68.3 Å². The summed E-state index contributed by atoms with van der Waals surface area (Å²) in [5.74, 6) is -6.14. The van der Waals surface area contributed by atoms with Crippen molar-refractivity contribution in [3.05, 3.63) is 312 Å². The number of carboxylic acids is 1. The molecule has 0 unspecified atom stereocenters. The molecule has 0 amide bonds. The van der Waals surface area contributed by atoms with Crippen molar-refractivity contribution in [1.82, 2.24) is 20.2 Å². The molecule has 3 aromatic heterocycles. The molecular weight excluding hydrogens is 1410 g/mol. The zero-order valence-electron chi connectivity index (χ0n) is 54.7. The molecule has 0 fully saturated rings. The van der Waals surface area contributed by atoms with Crippen molar-refractivity contribution in [2.24, 2.45) is 5.73 Å². The molecule has 0 saturated carbocycles. The molecule has 0 saturated heterocycles. The molecule has 0 spiro atoms. The number of nitrogens with zero attached hydrogens (tertiary/aromatic N) is 3. The number of carbonyl (C=O) groups excluding carboxylic acids is 1. The number of allylic oxidation sites excluding steroid dienone is 3. The second-order valence-electron chi connectivity index (χ2n) is 25.1. The highest BCUT2D eigenvalue weighted by Crippen LogP contribution is 2.38. The van der Waals surface area contributed by atoms with Crippen molar-refractivity contribution in [3.63, 3.8) is 0 Å². The Bertz CT molecular complexity index is 4830. The van der Waals surface area contributed by atoms with Crippen LogP contribution in [0.4, 0.5) is 35.1 Å². The number of carbonyl (C=O) groups is 2. The normalized spacial score (nSPS) is 13.4. The van der Waals surface area contributed by atoms with E-state index in [-0.39, 0.29) is 55.9 Å². The number of nitrogens with one attached hydrogen (secondary N) is 1. The Morgan fingerprint density at radius 1 is 0.490 bits per heavy atom. The van der Waals surface area contributed by atoms with Crippen molar-refractivity contribution in [2.45, 2.75) is 94.9 Å². The highest BCUT2D eigenvalue weighted by Gasteiger charge is 2.30. The Kier molecular flexibility index (Phi) is 25.0. The van der Waals surface area contributed by atoms with Crippen LogP contribution < -0.4 is 10.5 Å². The highest BCUT2D eigenvalue weighted by molar-refractivity contribution is 7.84. The van der Waals surface area contributed by atoms with Gasteiger partial charge in [0.2, 0.25) is 0 Å². The summed E-state index contributed by atoms with van der Waals surface area (Å²) in [6.45, 7) is 5.49. The van der Waals surface area contributed by atoms with Crippen LogP contribution in [0.25, 0.3) is 44.5 Å². The average molecular weight is 1470 g/mol. The lowest BCUT2D eigenvalue weighted by Gasteiger charge is -2.24. The van der Waals surface area contributed by atoms with E-state index in [1.165, 1.54) is 79.5 Å². The first-order valence-electron chi connectivity index (χ1n) is 31.8. The van der Waals surface area contributed by atoms with Gasteiger partial charge >= 0.3 is 5.97 Å². The molecule has 102 heavy (non-hydrogen) atoms. The largest absolute Gasteiger partial charge is 0.481 e. The number of Topliss-reactive ketones (excluding diaryl/α,β-unsaturated/α-hetero) is 1. The number of nitrogens with two attached hydrogens (primary N) is 1. The Labute approximate surface area is 599 Å². The molecule has 0 bridgehead atoms. The van der Waals surface area contributed by atoms with Crippen LogP contribution in [-0.2, 0) is 52.7 Å². The number of benzene rings is 8. The summed E-state index contributed by atoms with van der Waals surface area (Å²) in [5, 5.41) is 22.6. The fourth-order valence-corrected chi connectivity index (χ4v) is 12.9. The quantitative estimate of drug-likeness (QED) is 0.0616. The van der Waals surface area contributed by atoms with Crippen LogP contribution in [0.15, 0.2) is 208 Å². The van der Waals surface area contributed by atoms with Crippen LogP contribution >= 0.6 is 34.8 Å². The molecule has 11 aromatic rings. The Balaban J connectivity index is 0.000000153. The molecule has 2 aliphatic carbocycles. The van der Waals surface area contributed by atoms with E-state index in [2.05, 4.69) is 20.2 Å². The predicted molar refractivity (Wildman–Crippen MR) is 377 cm³/mol. The molecule has 2 aliphatic rings. The van der Waals surface area contributed by atoms with Gasteiger partial charge in [-0.3, -0.25) is 9.59 Å². The van der Waals surface area contributed by atoms with Crippen molar-refractivity contribution < 1.29 is 67.6 Å². The van der Waals surface area contributed by atoms with Gasteiger partial charge in [-0.1, -0.05) is 111 Å². The van der Waals surface area contributed by atoms with E-state index in [9.17, 15) is 48.9 Å². The second kappa shape index (κ2) is 33.9. The maximum Gasteiger partial charge on any atom is 0.307 e. The lowest BCUT2D eigenvalue weighted by atomic mass is 9.86. The first-order valence-corrected chi connectivity index (χ1v) is 34.0. The van der Waals surface area contributed by atoms with Crippen LogP contribution in [-0.4, -0.2) is 41.3 Å². The summed E-state index contributed by atoms with van der Waals surface area (Å²) in [5.41, 5.74) is 18.5. The van der Waals surface area contributed by atoms with Crippen molar-refractivity contribution in [2.75, 3.05) is 0 Å². The molecule has 4 atom stereocenters. The summed E-state index contributed by atoms with van der Waals surface area (Å²) in [4.78, 5) is 23.8. The van der Waals surface area contributed by atoms with Crippen LogP contribution in [0.2, 0.25) is 15.1 Å². The van der Waals surface area contributed by atoms with Crippen LogP contribution in [0.5, 0.6) is 0 Å². The van der Waals surface area contributed by atoms with Crippen molar-refractivity contribution in [1.29, 1.82) is 0 Å². The minimum absolute atomic E-state index is 0.0313. The molecule has 8 aromatic carbocycles. The van der Waals surface area contributed by atoms with Crippen LogP contribution in [0.3, 0.4) is 0 Å². The SMILES string of the molecule is CC(C)(C)[S@](=O)N[C@H](Cc1cc(F)cc(F)c1)c1nocc1-c1ccc(Cl)cc1.N[C@@H](Cc1cc(F)cc(F)c1)c1nocc1-c1ccc(Cl)cc1.O=C(CC1=CCc2ccc(F)cc21)C[C@@H](Cc1cc(F)cc(F)c1)c1nocc1-c1ccc(Cl)cc1.O=C(O)CC1=CCc2ccc(F)cc21. The van der Waals surface area contributed by atoms with Gasteiger partial charge in [0, 0.05) is 68.7 Å². The monoisotopic (exact) mass is 1470 g/mol. The lowest BCUT2D eigenvalue weighted by Crippen LogP contribution is -2.36. The molecule has 13 rings (SSSR count). The van der Waals surface area contributed by atoms with E-state index in [4.69, 9.17) is 59.2 Å². The maximum absolute atomic E-state index is 13.9. The molecule has 12 nitrogen and oxygen atoms in total. The molecule has 0 radical (unpaired) electrons. The summed E-state index contributed by atoms with van der Waals surface area (Å²) in [6.07, 6.45) is 10.3. The second-order valence-corrected chi connectivity index (χ2v) is 28.4. The number of fused-ring (bicyclic) bond motifs is 2. The highest BCUT2D eigenvalue weighted by atomic mass is 35.5. The fraction of sp³-hybridized carbons (Fsp3) is 0.192. The molecular formula is C78H64Cl3F8N5O7S. The number of carboxylic acid groups (broad SMARTS) is 1. The Morgan fingerprint density at radius 3 is 1.28 bits per heavy atom. The topological polar surface area (TPSA) is 188 Å².